The number of oxazole rings is 1. The summed E-state index contributed by atoms with van der Waals surface area (Å²) >= 11 is 0. The van der Waals surface area contributed by atoms with Gasteiger partial charge in [0, 0.05) is 22.4 Å². The summed E-state index contributed by atoms with van der Waals surface area (Å²) in [6.07, 6.45) is 1.84. The minimum absolute atomic E-state index is 0.182. The number of aromatic hydroxyl groups is 1. The van der Waals surface area contributed by atoms with E-state index in [0.717, 1.165) is 33.7 Å². The fourth-order valence-electron chi connectivity index (χ4n) is 3.04. The zero-order valence-electron chi connectivity index (χ0n) is 14.4. The van der Waals surface area contributed by atoms with Crippen molar-refractivity contribution in [1.82, 2.24) is 4.98 Å². The number of aliphatic imine (C=N–C) groups is 1. The van der Waals surface area contributed by atoms with E-state index in [-0.39, 0.29) is 5.95 Å². The number of hydrogen-bond acceptors (Lipinski definition) is 4. The van der Waals surface area contributed by atoms with E-state index in [1.807, 2.05) is 56.3 Å². The highest BCUT2D eigenvalue weighted by Gasteiger charge is 2.20. The van der Waals surface area contributed by atoms with E-state index in [0.29, 0.717) is 11.6 Å². The molecule has 2 aromatic carbocycles. The van der Waals surface area contributed by atoms with E-state index in [9.17, 15) is 5.11 Å². The van der Waals surface area contributed by atoms with Gasteiger partial charge >= 0.3 is 5.95 Å². The molecule has 1 aliphatic heterocycles. The number of rotatable bonds is 2. The van der Waals surface area contributed by atoms with Crippen LogP contribution in [0.1, 0.15) is 29.3 Å². The Hall–Kier alpha value is -3.14. The first kappa shape index (κ1) is 15.4. The molecule has 0 amide bonds. The van der Waals surface area contributed by atoms with E-state index in [2.05, 4.69) is 23.0 Å². The molecule has 0 saturated heterocycles. The summed E-state index contributed by atoms with van der Waals surface area (Å²) in [5, 5.41) is 10.2. The summed E-state index contributed by atoms with van der Waals surface area (Å²) in [4.78, 5) is 9.05. The van der Waals surface area contributed by atoms with Crippen molar-refractivity contribution >= 4 is 23.0 Å². The molecule has 124 valence electrons. The molecule has 0 aliphatic carbocycles. The first-order chi connectivity index (χ1) is 12.0. The largest absolute Gasteiger partial charge is 0.479 e. The lowest BCUT2D eigenvalue weighted by atomic mass is 10.0. The normalized spacial score (nSPS) is 14.7. The molecule has 4 rings (SSSR count). The minimum Gasteiger partial charge on any atom is -0.479 e. The van der Waals surface area contributed by atoms with Crippen LogP contribution in [-0.4, -0.2) is 15.8 Å². The number of aryl methyl sites for hydroxylation is 2. The second-order valence-corrected chi connectivity index (χ2v) is 6.35. The molecule has 25 heavy (non-hydrogen) atoms. The van der Waals surface area contributed by atoms with Crippen LogP contribution < -0.4 is 0 Å². The number of hydrogen-bond donors (Lipinski definition) is 1. The van der Waals surface area contributed by atoms with Crippen LogP contribution in [0.4, 0.5) is 5.69 Å². The molecule has 3 aromatic rings. The van der Waals surface area contributed by atoms with Crippen molar-refractivity contribution in [3.63, 3.8) is 0 Å². The van der Waals surface area contributed by atoms with E-state index >= 15 is 0 Å². The highest BCUT2D eigenvalue weighted by Crippen LogP contribution is 2.38. The summed E-state index contributed by atoms with van der Waals surface area (Å²) in [7, 11) is 0. The first-order valence-electron chi connectivity index (χ1n) is 8.16. The SMILES string of the molecule is CC1=Nc2ccc(C)cc2C1=Cc1nc(-c2cccc(C)c2)oc1O. The maximum Gasteiger partial charge on any atom is 0.310 e. The van der Waals surface area contributed by atoms with Crippen molar-refractivity contribution in [3.8, 4) is 17.4 Å². The van der Waals surface area contributed by atoms with Crippen molar-refractivity contribution in [2.75, 3.05) is 0 Å². The standard InChI is InChI=1S/C21H18N2O2/c1-12-5-4-6-15(9-12)20-23-19(21(24)25-20)11-16-14(3)22-18-8-7-13(2)10-17(16)18/h4-11,24H,1-3H3. The maximum atomic E-state index is 10.2. The molecule has 0 spiro atoms. The molecular weight excluding hydrogens is 312 g/mol. The molecule has 0 saturated carbocycles. The summed E-state index contributed by atoms with van der Waals surface area (Å²) in [6, 6.07) is 14.0. The van der Waals surface area contributed by atoms with Crippen molar-refractivity contribution in [1.29, 1.82) is 0 Å². The Morgan fingerprint density at radius 3 is 2.60 bits per heavy atom. The van der Waals surface area contributed by atoms with Crippen LogP contribution in [0.3, 0.4) is 0 Å². The Morgan fingerprint density at radius 1 is 1.00 bits per heavy atom. The third-order valence-corrected chi connectivity index (χ3v) is 4.30. The Kier molecular flexibility index (Phi) is 3.53. The Labute approximate surface area is 146 Å². The third-order valence-electron chi connectivity index (χ3n) is 4.30. The van der Waals surface area contributed by atoms with Crippen LogP contribution in [0.15, 0.2) is 51.9 Å². The highest BCUT2D eigenvalue weighted by molar-refractivity contribution is 6.31. The van der Waals surface area contributed by atoms with E-state index in [1.165, 1.54) is 5.56 Å². The lowest BCUT2D eigenvalue weighted by Crippen LogP contribution is -1.91. The Balaban J connectivity index is 1.79. The van der Waals surface area contributed by atoms with Crippen LogP contribution in [0, 0.1) is 13.8 Å². The van der Waals surface area contributed by atoms with Crippen molar-refractivity contribution in [2.24, 2.45) is 4.99 Å². The average molecular weight is 330 g/mol. The molecule has 4 heteroatoms. The van der Waals surface area contributed by atoms with E-state index < -0.39 is 0 Å². The quantitative estimate of drug-likeness (QED) is 0.692. The second-order valence-electron chi connectivity index (χ2n) is 6.35. The van der Waals surface area contributed by atoms with Gasteiger partial charge in [-0.05, 0) is 51.1 Å². The molecule has 0 radical (unpaired) electrons. The third kappa shape index (κ3) is 2.76. The van der Waals surface area contributed by atoms with Gasteiger partial charge < -0.3 is 9.52 Å². The average Bonchev–Trinajstić information content (AvgIpc) is 3.09. The van der Waals surface area contributed by atoms with Crippen molar-refractivity contribution < 1.29 is 9.52 Å². The number of allylic oxidation sites excluding steroid dienone is 1. The van der Waals surface area contributed by atoms with Gasteiger partial charge in [-0.25, -0.2) is 4.98 Å². The van der Waals surface area contributed by atoms with Crippen LogP contribution in [0.5, 0.6) is 5.95 Å². The zero-order chi connectivity index (χ0) is 17.6. The van der Waals surface area contributed by atoms with Crippen LogP contribution in [0.25, 0.3) is 23.1 Å². The molecule has 0 atom stereocenters. The molecule has 4 nitrogen and oxygen atoms in total. The number of fused-ring (bicyclic) bond motifs is 1. The predicted octanol–water partition coefficient (Wildman–Crippen LogP) is 5.31. The van der Waals surface area contributed by atoms with Gasteiger partial charge in [0.2, 0.25) is 5.89 Å². The number of benzene rings is 2. The molecule has 1 aromatic heterocycles. The first-order valence-corrected chi connectivity index (χ1v) is 8.16. The Bertz CT molecular complexity index is 1040. The van der Waals surface area contributed by atoms with Gasteiger partial charge in [0.05, 0.1) is 5.69 Å². The molecule has 2 heterocycles. The zero-order valence-corrected chi connectivity index (χ0v) is 14.4. The molecule has 1 N–H and O–H groups in total. The minimum atomic E-state index is -0.182. The van der Waals surface area contributed by atoms with Crippen LogP contribution in [-0.2, 0) is 0 Å². The molecule has 0 bridgehead atoms. The maximum absolute atomic E-state index is 10.2. The fourth-order valence-corrected chi connectivity index (χ4v) is 3.04. The smallest absolute Gasteiger partial charge is 0.310 e. The summed E-state index contributed by atoms with van der Waals surface area (Å²) in [5.41, 5.74) is 7.38. The summed E-state index contributed by atoms with van der Waals surface area (Å²) < 4.78 is 5.47. The van der Waals surface area contributed by atoms with E-state index in [1.54, 1.807) is 0 Å². The van der Waals surface area contributed by atoms with Crippen LogP contribution >= 0.6 is 0 Å². The Morgan fingerprint density at radius 2 is 1.80 bits per heavy atom. The molecule has 1 aliphatic rings. The van der Waals surface area contributed by atoms with Gasteiger partial charge in [0.1, 0.15) is 5.69 Å². The summed E-state index contributed by atoms with van der Waals surface area (Å²) in [6.45, 7) is 6.02. The molecule has 0 fully saturated rings. The fraction of sp³-hybridized carbons (Fsp3) is 0.143. The lowest BCUT2D eigenvalue weighted by Gasteiger charge is -2.02. The van der Waals surface area contributed by atoms with Gasteiger partial charge in [0.15, 0.2) is 0 Å². The van der Waals surface area contributed by atoms with Gasteiger partial charge in [-0.1, -0.05) is 29.3 Å². The van der Waals surface area contributed by atoms with Gasteiger partial charge in [-0.15, -0.1) is 0 Å². The number of aromatic nitrogens is 1. The van der Waals surface area contributed by atoms with Crippen molar-refractivity contribution in [2.45, 2.75) is 20.8 Å². The lowest BCUT2D eigenvalue weighted by molar-refractivity contribution is 0.336. The van der Waals surface area contributed by atoms with Gasteiger partial charge in [0.25, 0.3) is 0 Å². The van der Waals surface area contributed by atoms with Crippen LogP contribution in [0.2, 0.25) is 0 Å². The molecular formula is C21H18N2O2. The van der Waals surface area contributed by atoms with Gasteiger partial charge in [-0.2, -0.15) is 0 Å². The monoisotopic (exact) mass is 330 g/mol. The topological polar surface area (TPSA) is 58.6 Å². The van der Waals surface area contributed by atoms with E-state index in [4.69, 9.17) is 4.42 Å². The number of nitrogens with zero attached hydrogens (tertiary/aromatic N) is 2. The summed E-state index contributed by atoms with van der Waals surface area (Å²) in [5.74, 6) is 0.225. The second kappa shape index (κ2) is 5.74. The highest BCUT2D eigenvalue weighted by atomic mass is 16.5. The molecule has 0 unspecified atom stereocenters. The van der Waals surface area contributed by atoms with Crippen molar-refractivity contribution in [3.05, 3.63) is 64.8 Å². The van der Waals surface area contributed by atoms with Gasteiger partial charge in [-0.3, -0.25) is 4.99 Å². The predicted molar refractivity (Wildman–Crippen MR) is 100 cm³/mol.